The van der Waals surface area contributed by atoms with Crippen LogP contribution in [0.2, 0.25) is 15.1 Å². The van der Waals surface area contributed by atoms with E-state index in [1.54, 1.807) is 29.1 Å². The highest BCUT2D eigenvalue weighted by atomic mass is 35.5. The molecule has 0 radical (unpaired) electrons. The molecule has 12 heteroatoms. The van der Waals surface area contributed by atoms with E-state index in [1.807, 2.05) is 0 Å². The third-order valence-corrected chi connectivity index (χ3v) is 4.57. The number of halogens is 3. The summed E-state index contributed by atoms with van der Waals surface area (Å²) in [6, 6.07) is 6.39. The van der Waals surface area contributed by atoms with Gasteiger partial charge in [0.2, 0.25) is 5.91 Å². The predicted octanol–water partition coefficient (Wildman–Crippen LogP) is 4.03. The Labute approximate surface area is 173 Å². The normalized spacial score (nSPS) is 10.8. The molecule has 0 fully saturated rings. The van der Waals surface area contributed by atoms with Crippen molar-refractivity contribution in [1.82, 2.24) is 19.6 Å². The van der Waals surface area contributed by atoms with Gasteiger partial charge in [-0.1, -0.05) is 40.9 Å². The molecule has 0 aliphatic carbocycles. The Bertz CT molecular complexity index is 1030. The number of carbonyl (C=O) groups is 1. The van der Waals surface area contributed by atoms with Crippen LogP contribution in [0.4, 0.5) is 11.6 Å². The summed E-state index contributed by atoms with van der Waals surface area (Å²) in [5, 5.41) is 22.5. The second kappa shape index (κ2) is 8.59. The lowest BCUT2D eigenvalue weighted by molar-refractivity contribution is -0.389. The Kier molecular flexibility index (Phi) is 6.18. The lowest BCUT2D eigenvalue weighted by Gasteiger charge is -2.05. The number of amides is 1. The summed E-state index contributed by atoms with van der Waals surface area (Å²) in [5.41, 5.74) is 0.795. The van der Waals surface area contributed by atoms with Gasteiger partial charge in [-0.3, -0.25) is 9.48 Å². The first-order valence-corrected chi connectivity index (χ1v) is 9.10. The molecule has 146 valence electrons. The zero-order valence-electron chi connectivity index (χ0n) is 14.2. The molecule has 0 unspecified atom stereocenters. The van der Waals surface area contributed by atoms with E-state index >= 15 is 0 Å². The maximum absolute atomic E-state index is 12.1. The molecule has 2 aromatic heterocycles. The van der Waals surface area contributed by atoms with Gasteiger partial charge in [-0.2, -0.15) is 9.78 Å². The van der Waals surface area contributed by atoms with Gasteiger partial charge in [0.15, 0.2) is 5.82 Å². The molecule has 0 atom stereocenters. The standard InChI is InChI=1S/C16H13Cl3N6O3/c17-11-2-1-10(12(18)7-11)8-24-9-13(19)16(22-24)20-15(26)4-6-23-5-3-14(21-23)25(27)28/h1-3,5,7,9H,4,6,8H2,(H,20,22,26). The number of nitro groups is 1. The van der Waals surface area contributed by atoms with Gasteiger partial charge in [0.05, 0.1) is 30.5 Å². The average molecular weight is 444 g/mol. The summed E-state index contributed by atoms with van der Waals surface area (Å²) >= 11 is 18.2. The van der Waals surface area contributed by atoms with Crippen molar-refractivity contribution in [2.24, 2.45) is 0 Å². The van der Waals surface area contributed by atoms with Crippen molar-refractivity contribution in [2.75, 3.05) is 5.32 Å². The third-order valence-electron chi connectivity index (χ3n) is 3.70. The first kappa shape index (κ1) is 20.1. The average Bonchev–Trinajstić information content (AvgIpc) is 3.23. The van der Waals surface area contributed by atoms with Crippen LogP contribution in [0.5, 0.6) is 0 Å². The number of hydrogen-bond acceptors (Lipinski definition) is 5. The lowest BCUT2D eigenvalue weighted by atomic mass is 10.2. The van der Waals surface area contributed by atoms with Crippen LogP contribution in [0.15, 0.2) is 36.7 Å². The molecule has 1 amide bonds. The van der Waals surface area contributed by atoms with E-state index in [0.29, 0.717) is 16.6 Å². The molecule has 0 bridgehead atoms. The summed E-state index contributed by atoms with van der Waals surface area (Å²) < 4.78 is 2.87. The van der Waals surface area contributed by atoms with Crippen molar-refractivity contribution in [2.45, 2.75) is 19.5 Å². The van der Waals surface area contributed by atoms with Crippen LogP contribution in [0.1, 0.15) is 12.0 Å². The molecular formula is C16H13Cl3N6O3. The third kappa shape index (κ3) is 5.00. The minimum atomic E-state index is -0.601. The fourth-order valence-electron chi connectivity index (χ4n) is 2.37. The Hall–Kier alpha value is -2.62. The highest BCUT2D eigenvalue weighted by molar-refractivity contribution is 6.35. The number of rotatable bonds is 7. The van der Waals surface area contributed by atoms with Gasteiger partial charge in [0.25, 0.3) is 0 Å². The number of carbonyl (C=O) groups excluding carboxylic acids is 1. The summed E-state index contributed by atoms with van der Waals surface area (Å²) in [6.07, 6.45) is 3.05. The van der Waals surface area contributed by atoms with E-state index in [9.17, 15) is 14.9 Å². The SMILES string of the molecule is O=C(CCn1ccc([N+](=O)[O-])n1)Nc1nn(Cc2ccc(Cl)cc2Cl)cc1Cl. The van der Waals surface area contributed by atoms with Crippen molar-refractivity contribution in [3.63, 3.8) is 0 Å². The van der Waals surface area contributed by atoms with Crippen molar-refractivity contribution < 1.29 is 9.72 Å². The monoisotopic (exact) mass is 442 g/mol. The summed E-state index contributed by atoms with van der Waals surface area (Å²) in [7, 11) is 0. The van der Waals surface area contributed by atoms with Gasteiger partial charge in [0.1, 0.15) is 5.02 Å². The number of nitrogens with zero attached hydrogens (tertiary/aromatic N) is 5. The molecule has 1 N–H and O–H groups in total. The number of anilines is 1. The van der Waals surface area contributed by atoms with Crippen LogP contribution >= 0.6 is 34.8 Å². The fraction of sp³-hybridized carbons (Fsp3) is 0.188. The predicted molar refractivity (Wildman–Crippen MR) is 105 cm³/mol. The zero-order chi connectivity index (χ0) is 20.3. The van der Waals surface area contributed by atoms with Crippen LogP contribution in [0, 0.1) is 10.1 Å². The van der Waals surface area contributed by atoms with E-state index in [1.165, 1.54) is 16.9 Å². The van der Waals surface area contributed by atoms with Gasteiger partial charge in [-0.25, -0.2) is 0 Å². The zero-order valence-corrected chi connectivity index (χ0v) is 16.4. The van der Waals surface area contributed by atoms with E-state index in [2.05, 4.69) is 15.5 Å². The number of aryl methyl sites for hydroxylation is 1. The Morgan fingerprint density at radius 3 is 2.61 bits per heavy atom. The maximum Gasteiger partial charge on any atom is 0.389 e. The number of hydrogen-bond donors (Lipinski definition) is 1. The van der Waals surface area contributed by atoms with Crippen molar-refractivity contribution in [3.05, 3.63) is 67.4 Å². The van der Waals surface area contributed by atoms with Gasteiger partial charge in [0, 0.05) is 22.7 Å². The number of nitrogens with one attached hydrogen (secondary N) is 1. The van der Waals surface area contributed by atoms with Crippen molar-refractivity contribution in [1.29, 1.82) is 0 Å². The van der Waals surface area contributed by atoms with Crippen LogP contribution in [-0.2, 0) is 17.9 Å². The summed E-state index contributed by atoms with van der Waals surface area (Å²) in [6.45, 7) is 0.529. The molecule has 0 aliphatic rings. The molecule has 2 heterocycles. The molecule has 9 nitrogen and oxygen atoms in total. The van der Waals surface area contributed by atoms with E-state index in [4.69, 9.17) is 34.8 Å². The van der Waals surface area contributed by atoms with Gasteiger partial charge < -0.3 is 15.4 Å². The second-order valence-electron chi connectivity index (χ2n) is 5.75. The smallest absolute Gasteiger partial charge is 0.358 e. The minimum Gasteiger partial charge on any atom is -0.358 e. The molecule has 1 aromatic carbocycles. The molecule has 3 aromatic rings. The van der Waals surface area contributed by atoms with Crippen molar-refractivity contribution >= 4 is 52.3 Å². The van der Waals surface area contributed by atoms with E-state index < -0.39 is 4.92 Å². The molecule has 0 aliphatic heterocycles. The topological polar surface area (TPSA) is 108 Å². The first-order chi connectivity index (χ1) is 13.3. The van der Waals surface area contributed by atoms with Crippen LogP contribution < -0.4 is 5.32 Å². The fourth-order valence-corrected chi connectivity index (χ4v) is 3.04. The quantitative estimate of drug-likeness (QED) is 0.438. The molecule has 3 rings (SSSR count). The first-order valence-electron chi connectivity index (χ1n) is 7.96. The highest BCUT2D eigenvalue weighted by Crippen LogP contribution is 2.24. The number of aromatic nitrogens is 4. The molecule has 28 heavy (non-hydrogen) atoms. The molecular weight excluding hydrogens is 431 g/mol. The molecule has 0 saturated heterocycles. The lowest BCUT2D eigenvalue weighted by Crippen LogP contribution is -2.15. The maximum atomic E-state index is 12.1. The van der Waals surface area contributed by atoms with E-state index in [-0.39, 0.29) is 35.5 Å². The minimum absolute atomic E-state index is 0.0467. The van der Waals surface area contributed by atoms with Gasteiger partial charge in [-0.15, -0.1) is 0 Å². The van der Waals surface area contributed by atoms with Crippen LogP contribution in [-0.4, -0.2) is 30.4 Å². The summed E-state index contributed by atoms with van der Waals surface area (Å²) in [4.78, 5) is 22.1. The van der Waals surface area contributed by atoms with Gasteiger partial charge in [-0.05, 0) is 22.6 Å². The Balaban J connectivity index is 1.59. The summed E-state index contributed by atoms with van der Waals surface area (Å²) in [5.74, 6) is -0.416. The van der Waals surface area contributed by atoms with Crippen LogP contribution in [0.3, 0.4) is 0 Å². The van der Waals surface area contributed by atoms with Crippen molar-refractivity contribution in [3.8, 4) is 0 Å². The van der Waals surface area contributed by atoms with Crippen LogP contribution in [0.25, 0.3) is 0 Å². The Morgan fingerprint density at radius 1 is 1.14 bits per heavy atom. The van der Waals surface area contributed by atoms with E-state index in [0.717, 1.165) is 5.56 Å². The molecule has 0 spiro atoms. The largest absolute Gasteiger partial charge is 0.389 e. The highest BCUT2D eigenvalue weighted by Gasteiger charge is 2.14. The Morgan fingerprint density at radius 2 is 1.93 bits per heavy atom. The number of benzene rings is 1. The van der Waals surface area contributed by atoms with Gasteiger partial charge >= 0.3 is 5.82 Å². The second-order valence-corrected chi connectivity index (χ2v) is 7.00. The molecule has 0 saturated carbocycles.